The van der Waals surface area contributed by atoms with Gasteiger partial charge in [0.2, 0.25) is 5.91 Å². The summed E-state index contributed by atoms with van der Waals surface area (Å²) in [7, 11) is 0. The molecule has 2 aliphatic rings. The van der Waals surface area contributed by atoms with Crippen LogP contribution in [0, 0.1) is 0 Å². The van der Waals surface area contributed by atoms with E-state index >= 15 is 0 Å². The van der Waals surface area contributed by atoms with Crippen molar-refractivity contribution in [3.05, 3.63) is 0 Å². The van der Waals surface area contributed by atoms with Crippen LogP contribution in [-0.2, 0) is 14.3 Å². The van der Waals surface area contributed by atoms with E-state index in [0.717, 1.165) is 13.1 Å². The van der Waals surface area contributed by atoms with Crippen LogP contribution in [0.15, 0.2) is 0 Å². The van der Waals surface area contributed by atoms with Gasteiger partial charge >= 0.3 is 0 Å². The predicted molar refractivity (Wildman–Crippen MR) is 59.2 cm³/mol. The second kappa shape index (κ2) is 5.61. The van der Waals surface area contributed by atoms with E-state index in [1.54, 1.807) is 0 Å². The summed E-state index contributed by atoms with van der Waals surface area (Å²) in [6.07, 6.45) is 0.683. The largest absolute Gasteiger partial charge is 0.375 e. The topological polar surface area (TPSA) is 50.8 Å². The lowest BCUT2D eigenvalue weighted by atomic mass is 10.2. The average Bonchev–Trinajstić information content (AvgIpc) is 2.30. The molecule has 2 atom stereocenters. The second-order valence-electron chi connectivity index (χ2n) is 4.42. The number of carbonyl (C=O) groups is 1. The molecule has 0 radical (unpaired) electrons. The summed E-state index contributed by atoms with van der Waals surface area (Å²) in [6.45, 7) is 6.44. The van der Waals surface area contributed by atoms with Crippen LogP contribution in [-0.4, -0.2) is 62.4 Å². The van der Waals surface area contributed by atoms with Gasteiger partial charge in [-0.25, -0.2) is 0 Å². The molecule has 0 bridgehead atoms. The Balaban J connectivity index is 1.77. The first kappa shape index (κ1) is 11.8. The normalized spacial score (nSPS) is 31.4. The average molecular weight is 228 g/mol. The molecule has 0 aliphatic carbocycles. The van der Waals surface area contributed by atoms with E-state index in [0.29, 0.717) is 32.7 Å². The summed E-state index contributed by atoms with van der Waals surface area (Å²) in [5, 5.41) is 3.23. The molecule has 16 heavy (non-hydrogen) atoms. The molecular weight excluding hydrogens is 208 g/mol. The first-order valence-electron chi connectivity index (χ1n) is 5.97. The lowest BCUT2D eigenvalue weighted by Crippen LogP contribution is -2.47. The maximum absolute atomic E-state index is 12.0. The van der Waals surface area contributed by atoms with Gasteiger partial charge in [0.25, 0.3) is 0 Å². The van der Waals surface area contributed by atoms with Crippen LogP contribution in [0.3, 0.4) is 0 Å². The van der Waals surface area contributed by atoms with Crippen molar-refractivity contribution in [3.63, 3.8) is 0 Å². The summed E-state index contributed by atoms with van der Waals surface area (Å²) in [5.41, 5.74) is 0. The van der Waals surface area contributed by atoms with E-state index < -0.39 is 0 Å². The number of hydrogen-bond acceptors (Lipinski definition) is 4. The number of morpholine rings is 2. The fourth-order valence-corrected chi connectivity index (χ4v) is 2.12. The SMILES string of the molecule is CC1CN(C(=O)CC2CNCCO2)CCO1. The lowest BCUT2D eigenvalue weighted by Gasteiger charge is -2.32. The van der Waals surface area contributed by atoms with Crippen LogP contribution in [0.1, 0.15) is 13.3 Å². The third-order valence-electron chi connectivity index (χ3n) is 3.00. The Morgan fingerprint density at radius 1 is 1.44 bits per heavy atom. The Bertz CT molecular complexity index is 241. The highest BCUT2D eigenvalue weighted by Crippen LogP contribution is 2.09. The quantitative estimate of drug-likeness (QED) is 0.699. The maximum Gasteiger partial charge on any atom is 0.225 e. The summed E-state index contributed by atoms with van der Waals surface area (Å²) in [5.74, 6) is 0.184. The van der Waals surface area contributed by atoms with Crippen molar-refractivity contribution in [3.8, 4) is 0 Å². The zero-order valence-corrected chi connectivity index (χ0v) is 9.78. The summed E-state index contributed by atoms with van der Waals surface area (Å²) < 4.78 is 10.9. The van der Waals surface area contributed by atoms with E-state index in [1.165, 1.54) is 0 Å². The molecule has 2 saturated heterocycles. The van der Waals surface area contributed by atoms with Crippen molar-refractivity contribution in [1.82, 2.24) is 10.2 Å². The minimum Gasteiger partial charge on any atom is -0.375 e. The van der Waals surface area contributed by atoms with Gasteiger partial charge in [-0.3, -0.25) is 4.79 Å². The highest BCUT2D eigenvalue weighted by Gasteiger charge is 2.24. The molecule has 2 unspecified atom stereocenters. The molecular formula is C11H20N2O3. The first-order valence-corrected chi connectivity index (χ1v) is 5.97. The van der Waals surface area contributed by atoms with Gasteiger partial charge in [0.15, 0.2) is 0 Å². The van der Waals surface area contributed by atoms with E-state index in [1.807, 2.05) is 11.8 Å². The molecule has 2 rings (SSSR count). The van der Waals surface area contributed by atoms with Gasteiger partial charge in [0.1, 0.15) is 0 Å². The minimum atomic E-state index is 0.0411. The maximum atomic E-state index is 12.0. The van der Waals surface area contributed by atoms with Crippen molar-refractivity contribution >= 4 is 5.91 Å². The number of nitrogens with zero attached hydrogens (tertiary/aromatic N) is 1. The molecule has 2 aliphatic heterocycles. The standard InChI is InChI=1S/C11H20N2O3/c1-9-8-13(3-5-15-9)11(14)6-10-7-12-2-4-16-10/h9-10,12H,2-8H2,1H3. The number of carbonyl (C=O) groups excluding carboxylic acids is 1. The fraction of sp³-hybridized carbons (Fsp3) is 0.909. The highest BCUT2D eigenvalue weighted by molar-refractivity contribution is 5.76. The van der Waals surface area contributed by atoms with Crippen LogP contribution < -0.4 is 5.32 Å². The lowest BCUT2D eigenvalue weighted by molar-refractivity contribution is -0.141. The zero-order chi connectivity index (χ0) is 11.4. The summed E-state index contributed by atoms with van der Waals surface area (Å²) in [6, 6.07) is 0. The Labute approximate surface area is 96.1 Å². The van der Waals surface area contributed by atoms with Crippen LogP contribution in [0.4, 0.5) is 0 Å². The predicted octanol–water partition coefficient (Wildman–Crippen LogP) is -0.388. The molecule has 5 heteroatoms. The van der Waals surface area contributed by atoms with E-state index in [4.69, 9.17) is 9.47 Å². The molecule has 0 saturated carbocycles. The van der Waals surface area contributed by atoms with Crippen LogP contribution in [0.25, 0.3) is 0 Å². The molecule has 5 nitrogen and oxygen atoms in total. The van der Waals surface area contributed by atoms with Gasteiger partial charge in [-0.15, -0.1) is 0 Å². The van der Waals surface area contributed by atoms with Crippen molar-refractivity contribution in [2.75, 3.05) is 39.4 Å². The molecule has 1 N–H and O–H groups in total. The first-order chi connectivity index (χ1) is 7.75. The summed E-state index contributed by atoms with van der Waals surface area (Å²) in [4.78, 5) is 13.9. The van der Waals surface area contributed by atoms with Gasteiger partial charge in [-0.1, -0.05) is 0 Å². The Morgan fingerprint density at radius 2 is 2.31 bits per heavy atom. The molecule has 1 amide bonds. The van der Waals surface area contributed by atoms with Gasteiger partial charge in [0.05, 0.1) is 31.8 Å². The molecule has 92 valence electrons. The van der Waals surface area contributed by atoms with E-state index in [9.17, 15) is 4.79 Å². The monoisotopic (exact) mass is 228 g/mol. The van der Waals surface area contributed by atoms with Crippen LogP contribution in [0.2, 0.25) is 0 Å². The van der Waals surface area contributed by atoms with Gasteiger partial charge in [-0.05, 0) is 6.92 Å². The molecule has 2 fully saturated rings. The van der Waals surface area contributed by atoms with Crippen molar-refractivity contribution in [2.45, 2.75) is 25.6 Å². The minimum absolute atomic E-state index is 0.0411. The highest BCUT2D eigenvalue weighted by atomic mass is 16.5. The number of nitrogens with one attached hydrogen (secondary N) is 1. The van der Waals surface area contributed by atoms with Gasteiger partial charge in [0, 0.05) is 26.2 Å². The molecule has 0 aromatic heterocycles. The molecule has 0 aromatic carbocycles. The third kappa shape index (κ3) is 3.17. The molecule has 0 aromatic rings. The fourth-order valence-electron chi connectivity index (χ4n) is 2.12. The third-order valence-corrected chi connectivity index (χ3v) is 3.00. The number of amides is 1. The van der Waals surface area contributed by atoms with Gasteiger partial charge in [-0.2, -0.15) is 0 Å². The number of rotatable bonds is 2. The van der Waals surface area contributed by atoms with Gasteiger partial charge < -0.3 is 19.7 Å². The van der Waals surface area contributed by atoms with Crippen LogP contribution >= 0.6 is 0 Å². The number of hydrogen-bond donors (Lipinski definition) is 1. The zero-order valence-electron chi connectivity index (χ0n) is 9.78. The Kier molecular flexibility index (Phi) is 4.15. The second-order valence-corrected chi connectivity index (χ2v) is 4.42. The summed E-state index contributed by atoms with van der Waals surface area (Å²) >= 11 is 0. The van der Waals surface area contributed by atoms with Crippen LogP contribution in [0.5, 0.6) is 0 Å². The number of ether oxygens (including phenoxy) is 2. The Morgan fingerprint density at radius 3 is 3.00 bits per heavy atom. The Hall–Kier alpha value is -0.650. The van der Waals surface area contributed by atoms with Crippen molar-refractivity contribution in [1.29, 1.82) is 0 Å². The van der Waals surface area contributed by atoms with E-state index in [2.05, 4.69) is 5.32 Å². The molecule has 0 spiro atoms. The molecule has 2 heterocycles. The van der Waals surface area contributed by atoms with Crippen molar-refractivity contribution < 1.29 is 14.3 Å². The van der Waals surface area contributed by atoms with E-state index in [-0.39, 0.29) is 18.1 Å². The smallest absolute Gasteiger partial charge is 0.225 e. The van der Waals surface area contributed by atoms with Crippen molar-refractivity contribution in [2.24, 2.45) is 0 Å².